The summed E-state index contributed by atoms with van der Waals surface area (Å²) in [6, 6.07) is 5.59. The molecule has 2 aromatic rings. The maximum Gasteiger partial charge on any atom is 0.224 e. The van der Waals surface area contributed by atoms with E-state index in [1.54, 1.807) is 18.6 Å². The van der Waals surface area contributed by atoms with Gasteiger partial charge < -0.3 is 9.88 Å². The van der Waals surface area contributed by atoms with E-state index in [1.807, 2.05) is 22.9 Å². The van der Waals surface area contributed by atoms with E-state index >= 15 is 0 Å². The lowest BCUT2D eigenvalue weighted by Gasteiger charge is -2.32. The van der Waals surface area contributed by atoms with E-state index in [2.05, 4.69) is 15.2 Å². The smallest absolute Gasteiger partial charge is 0.224 e. The van der Waals surface area contributed by atoms with Crippen molar-refractivity contribution in [3.05, 3.63) is 52.5 Å². The summed E-state index contributed by atoms with van der Waals surface area (Å²) in [6.07, 6.45) is 8.36. The zero-order valence-corrected chi connectivity index (χ0v) is 16.2. The van der Waals surface area contributed by atoms with Gasteiger partial charge in [-0.05, 0) is 43.5 Å². The Labute approximate surface area is 164 Å². The van der Waals surface area contributed by atoms with Crippen molar-refractivity contribution < 1.29 is 4.79 Å². The van der Waals surface area contributed by atoms with E-state index < -0.39 is 0 Å². The van der Waals surface area contributed by atoms with Crippen molar-refractivity contribution >= 4 is 29.1 Å². The molecule has 140 valence electrons. The molecule has 1 aromatic heterocycles. The Balaban J connectivity index is 1.44. The highest BCUT2D eigenvalue weighted by Gasteiger charge is 2.25. The first-order valence-electron chi connectivity index (χ1n) is 9.01. The minimum atomic E-state index is 0.0445. The zero-order chi connectivity index (χ0) is 18.4. The molecule has 1 aliphatic heterocycles. The molecule has 1 N–H and O–H groups in total. The summed E-state index contributed by atoms with van der Waals surface area (Å²) >= 11 is 12.2. The molecule has 1 fully saturated rings. The Hall–Kier alpha value is -1.56. The Morgan fingerprint density at radius 2 is 2.23 bits per heavy atom. The number of hydrogen-bond donors (Lipinski definition) is 1. The molecule has 3 rings (SSSR count). The Morgan fingerprint density at radius 3 is 3.00 bits per heavy atom. The van der Waals surface area contributed by atoms with Crippen LogP contribution < -0.4 is 5.32 Å². The molecule has 1 saturated heterocycles. The number of halogens is 2. The van der Waals surface area contributed by atoms with Crippen molar-refractivity contribution in [1.29, 1.82) is 0 Å². The fourth-order valence-corrected chi connectivity index (χ4v) is 3.81. The number of likely N-dealkylation sites (tertiary alicyclic amines) is 1. The van der Waals surface area contributed by atoms with Gasteiger partial charge in [0.05, 0.1) is 12.2 Å². The van der Waals surface area contributed by atoms with Crippen LogP contribution in [0.25, 0.3) is 0 Å². The SMILES string of the molecule is O=C(NCCCn1ccnc1)C1CCCN(Cc2ccc(Cl)cc2Cl)C1. The van der Waals surface area contributed by atoms with E-state index in [-0.39, 0.29) is 11.8 Å². The number of rotatable bonds is 7. The molecule has 0 saturated carbocycles. The number of nitrogens with one attached hydrogen (secondary N) is 1. The molecule has 2 heterocycles. The molecule has 5 nitrogen and oxygen atoms in total. The molecule has 0 aliphatic carbocycles. The van der Waals surface area contributed by atoms with Gasteiger partial charge in [0.2, 0.25) is 5.91 Å². The lowest BCUT2D eigenvalue weighted by atomic mass is 9.96. The van der Waals surface area contributed by atoms with E-state index in [0.717, 1.165) is 51.0 Å². The number of benzene rings is 1. The van der Waals surface area contributed by atoms with Gasteiger partial charge in [0.15, 0.2) is 0 Å². The molecule has 26 heavy (non-hydrogen) atoms. The van der Waals surface area contributed by atoms with Crippen molar-refractivity contribution in [2.24, 2.45) is 5.92 Å². The maximum absolute atomic E-state index is 12.5. The van der Waals surface area contributed by atoms with Gasteiger partial charge in [0, 0.05) is 48.6 Å². The standard InChI is InChI=1S/C19H24Cl2N4O/c20-17-5-4-15(18(21)11-17)12-25-8-1-3-16(13-25)19(26)23-6-2-9-24-10-7-22-14-24/h4-5,7,10-11,14,16H,1-3,6,8-9,12-13H2,(H,23,26). The Bertz CT molecular complexity index is 720. The highest BCUT2D eigenvalue weighted by molar-refractivity contribution is 6.35. The van der Waals surface area contributed by atoms with Crippen LogP contribution in [0.15, 0.2) is 36.9 Å². The molecule has 1 unspecified atom stereocenters. The highest BCUT2D eigenvalue weighted by Crippen LogP contribution is 2.25. The van der Waals surface area contributed by atoms with Crippen LogP contribution in [0.2, 0.25) is 10.0 Å². The summed E-state index contributed by atoms with van der Waals surface area (Å²) in [5.41, 5.74) is 1.05. The minimum absolute atomic E-state index is 0.0445. The quantitative estimate of drug-likeness (QED) is 0.729. The lowest BCUT2D eigenvalue weighted by Crippen LogP contribution is -2.43. The van der Waals surface area contributed by atoms with Crippen molar-refractivity contribution in [2.45, 2.75) is 32.4 Å². The second kappa shape index (κ2) is 9.40. The van der Waals surface area contributed by atoms with Crippen LogP contribution in [-0.2, 0) is 17.9 Å². The fourth-order valence-electron chi connectivity index (χ4n) is 3.34. The Morgan fingerprint density at radius 1 is 1.35 bits per heavy atom. The number of aryl methyl sites for hydroxylation is 1. The molecular weight excluding hydrogens is 371 g/mol. The van der Waals surface area contributed by atoms with Gasteiger partial charge in [-0.2, -0.15) is 0 Å². The predicted molar refractivity (Wildman–Crippen MR) is 104 cm³/mol. The number of hydrogen-bond acceptors (Lipinski definition) is 3. The first-order valence-corrected chi connectivity index (χ1v) is 9.77. The summed E-state index contributed by atoms with van der Waals surface area (Å²) in [5.74, 6) is 0.200. The molecular formula is C19H24Cl2N4O. The number of nitrogens with zero attached hydrogens (tertiary/aromatic N) is 3. The molecule has 0 spiro atoms. The molecule has 0 bridgehead atoms. The molecule has 1 amide bonds. The molecule has 0 radical (unpaired) electrons. The van der Waals surface area contributed by atoms with Crippen LogP contribution in [0.5, 0.6) is 0 Å². The second-order valence-electron chi connectivity index (χ2n) is 6.76. The van der Waals surface area contributed by atoms with Gasteiger partial charge in [-0.25, -0.2) is 4.98 Å². The van der Waals surface area contributed by atoms with E-state index in [4.69, 9.17) is 23.2 Å². The number of aromatic nitrogens is 2. The van der Waals surface area contributed by atoms with Crippen LogP contribution in [0.3, 0.4) is 0 Å². The maximum atomic E-state index is 12.5. The van der Waals surface area contributed by atoms with E-state index in [0.29, 0.717) is 16.6 Å². The summed E-state index contributed by atoms with van der Waals surface area (Å²) in [7, 11) is 0. The normalized spacial score (nSPS) is 18.0. The average Bonchev–Trinajstić information content (AvgIpc) is 3.15. The third-order valence-corrected chi connectivity index (χ3v) is 5.32. The van der Waals surface area contributed by atoms with E-state index in [9.17, 15) is 4.79 Å². The third-order valence-electron chi connectivity index (χ3n) is 4.74. The van der Waals surface area contributed by atoms with Gasteiger partial charge >= 0.3 is 0 Å². The summed E-state index contributed by atoms with van der Waals surface area (Å²) in [5, 5.41) is 4.40. The van der Waals surface area contributed by atoms with Gasteiger partial charge in [-0.15, -0.1) is 0 Å². The van der Waals surface area contributed by atoms with Gasteiger partial charge in [0.1, 0.15) is 0 Å². The monoisotopic (exact) mass is 394 g/mol. The molecule has 1 aliphatic rings. The predicted octanol–water partition coefficient (Wildman–Crippen LogP) is 3.61. The van der Waals surface area contributed by atoms with Crippen molar-refractivity contribution in [3.8, 4) is 0 Å². The van der Waals surface area contributed by atoms with Crippen molar-refractivity contribution in [3.63, 3.8) is 0 Å². The zero-order valence-electron chi connectivity index (χ0n) is 14.7. The number of imidazole rings is 1. The van der Waals surface area contributed by atoms with Crippen LogP contribution in [0.1, 0.15) is 24.8 Å². The number of amides is 1. The lowest BCUT2D eigenvalue weighted by molar-refractivity contribution is -0.126. The van der Waals surface area contributed by atoms with Crippen LogP contribution in [0.4, 0.5) is 0 Å². The number of piperidine rings is 1. The topological polar surface area (TPSA) is 50.2 Å². The fraction of sp³-hybridized carbons (Fsp3) is 0.474. The number of carbonyl (C=O) groups excluding carboxylic acids is 1. The second-order valence-corrected chi connectivity index (χ2v) is 7.60. The molecule has 1 aromatic carbocycles. The van der Waals surface area contributed by atoms with Crippen LogP contribution in [-0.4, -0.2) is 40.0 Å². The minimum Gasteiger partial charge on any atom is -0.356 e. The van der Waals surface area contributed by atoms with Gasteiger partial charge in [0.25, 0.3) is 0 Å². The highest BCUT2D eigenvalue weighted by atomic mass is 35.5. The van der Waals surface area contributed by atoms with Crippen LogP contribution in [0, 0.1) is 5.92 Å². The number of carbonyl (C=O) groups is 1. The molecule has 1 atom stereocenters. The summed E-state index contributed by atoms with van der Waals surface area (Å²) in [6.45, 7) is 4.07. The van der Waals surface area contributed by atoms with Crippen molar-refractivity contribution in [2.75, 3.05) is 19.6 Å². The van der Waals surface area contributed by atoms with Crippen molar-refractivity contribution in [1.82, 2.24) is 19.8 Å². The largest absolute Gasteiger partial charge is 0.356 e. The summed E-state index contributed by atoms with van der Waals surface area (Å²) < 4.78 is 2.02. The summed E-state index contributed by atoms with van der Waals surface area (Å²) in [4.78, 5) is 18.8. The Kier molecular flexibility index (Phi) is 6.94. The third kappa shape index (κ3) is 5.47. The average molecular weight is 395 g/mol. The van der Waals surface area contributed by atoms with Gasteiger partial charge in [-0.1, -0.05) is 29.3 Å². The first kappa shape index (κ1) is 19.2. The molecule has 7 heteroatoms. The van der Waals surface area contributed by atoms with Gasteiger partial charge in [-0.3, -0.25) is 9.69 Å². The first-order chi connectivity index (χ1) is 12.6. The van der Waals surface area contributed by atoms with Crippen LogP contribution >= 0.6 is 23.2 Å². The van der Waals surface area contributed by atoms with E-state index in [1.165, 1.54) is 0 Å².